The van der Waals surface area contributed by atoms with Crippen LogP contribution in [0.4, 0.5) is 0 Å². The van der Waals surface area contributed by atoms with Crippen LogP contribution in [-0.2, 0) is 16.7 Å². The molecule has 0 amide bonds. The van der Waals surface area contributed by atoms with Crippen molar-refractivity contribution in [2.24, 2.45) is 0 Å². The van der Waals surface area contributed by atoms with Crippen LogP contribution in [-0.4, -0.2) is 18.7 Å². The Labute approximate surface area is 142 Å². The topological polar surface area (TPSA) is 61.1 Å². The van der Waals surface area contributed by atoms with Crippen LogP contribution in [0.15, 0.2) is 30.6 Å². The van der Waals surface area contributed by atoms with Crippen LogP contribution in [0.2, 0.25) is 0 Å². The van der Waals surface area contributed by atoms with Crippen molar-refractivity contribution >= 4 is 10.1 Å². The van der Waals surface area contributed by atoms with Crippen molar-refractivity contribution in [3.05, 3.63) is 30.6 Å². The van der Waals surface area contributed by atoms with E-state index in [0.29, 0.717) is 6.42 Å². The van der Waals surface area contributed by atoms with Crippen LogP contribution < -0.4 is 4.57 Å². The summed E-state index contributed by atoms with van der Waals surface area (Å²) in [5.41, 5.74) is 0. The number of unbranched alkanes of at least 4 members (excludes halogenated alkanes) is 7. The molecular weight excluding hydrogens is 310 g/mol. The van der Waals surface area contributed by atoms with Gasteiger partial charge in [-0.1, -0.05) is 58.4 Å². The number of aryl methyl sites for hydroxylation is 1. The van der Waals surface area contributed by atoms with Gasteiger partial charge in [-0.25, -0.2) is 13.0 Å². The van der Waals surface area contributed by atoms with E-state index in [4.69, 9.17) is 0 Å². The molecule has 1 aromatic rings. The second kappa shape index (κ2) is 14.6. The third-order valence-electron chi connectivity index (χ3n) is 3.55. The molecule has 0 bridgehead atoms. The van der Waals surface area contributed by atoms with Gasteiger partial charge in [-0.05, 0) is 12.8 Å². The molecule has 1 aromatic heterocycles. The number of aromatic nitrogens is 1. The van der Waals surface area contributed by atoms with Crippen molar-refractivity contribution in [2.75, 3.05) is 5.75 Å². The molecule has 0 aliphatic carbocycles. The van der Waals surface area contributed by atoms with Gasteiger partial charge in [0.15, 0.2) is 12.4 Å². The summed E-state index contributed by atoms with van der Waals surface area (Å²) in [5.74, 6) is -0.195. The highest BCUT2D eigenvalue weighted by atomic mass is 32.2. The lowest BCUT2D eigenvalue weighted by molar-refractivity contribution is -0.697. The van der Waals surface area contributed by atoms with Crippen molar-refractivity contribution in [2.45, 2.75) is 78.2 Å². The van der Waals surface area contributed by atoms with Crippen molar-refractivity contribution in [3.63, 3.8) is 0 Å². The molecule has 0 radical (unpaired) electrons. The maximum absolute atomic E-state index is 10.2. The molecule has 0 aliphatic heterocycles. The number of hydrogen-bond acceptors (Lipinski definition) is 3. The third-order valence-corrected chi connectivity index (χ3v) is 4.33. The van der Waals surface area contributed by atoms with Crippen LogP contribution in [0, 0.1) is 0 Å². The van der Waals surface area contributed by atoms with Crippen molar-refractivity contribution in [1.29, 1.82) is 0 Å². The first-order valence-electron chi connectivity index (χ1n) is 8.87. The van der Waals surface area contributed by atoms with E-state index in [-0.39, 0.29) is 5.75 Å². The number of hydrogen-bond donors (Lipinski definition) is 0. The van der Waals surface area contributed by atoms with Gasteiger partial charge >= 0.3 is 0 Å². The fourth-order valence-corrected chi connectivity index (χ4v) is 2.74. The molecule has 0 spiro atoms. The minimum Gasteiger partial charge on any atom is -0.748 e. The van der Waals surface area contributed by atoms with E-state index in [1.54, 1.807) is 0 Å². The van der Waals surface area contributed by atoms with Crippen LogP contribution in [0.1, 0.15) is 71.6 Å². The van der Waals surface area contributed by atoms with E-state index >= 15 is 0 Å². The molecular formula is C18H33NO3S. The number of nitrogens with zero attached hydrogens (tertiary/aromatic N) is 1. The van der Waals surface area contributed by atoms with Crippen molar-refractivity contribution < 1.29 is 17.5 Å². The first-order valence-corrected chi connectivity index (χ1v) is 10.4. The van der Waals surface area contributed by atoms with E-state index in [0.717, 1.165) is 25.8 Å². The monoisotopic (exact) mass is 343 g/mol. The van der Waals surface area contributed by atoms with Crippen LogP contribution >= 0.6 is 0 Å². The lowest BCUT2D eigenvalue weighted by atomic mass is 10.1. The van der Waals surface area contributed by atoms with Gasteiger partial charge in [0.25, 0.3) is 0 Å². The average molecular weight is 344 g/mol. The maximum Gasteiger partial charge on any atom is 0.168 e. The largest absolute Gasteiger partial charge is 0.748 e. The van der Waals surface area contributed by atoms with Gasteiger partial charge in [0, 0.05) is 24.3 Å². The summed E-state index contributed by atoms with van der Waals surface area (Å²) in [7, 11) is -3.97. The van der Waals surface area contributed by atoms with Crippen LogP contribution in [0.5, 0.6) is 0 Å². The Morgan fingerprint density at radius 3 is 1.87 bits per heavy atom. The van der Waals surface area contributed by atoms with E-state index in [1.807, 2.05) is 0 Å². The Kier molecular flexibility index (Phi) is 14.0. The van der Waals surface area contributed by atoms with Gasteiger partial charge in [-0.2, -0.15) is 0 Å². The Balaban J connectivity index is 0.000000422. The molecule has 0 unspecified atom stereocenters. The second-order valence-corrected chi connectivity index (χ2v) is 7.37. The summed E-state index contributed by atoms with van der Waals surface area (Å²) in [4.78, 5) is 0. The zero-order valence-corrected chi connectivity index (χ0v) is 15.6. The van der Waals surface area contributed by atoms with Gasteiger partial charge in [0.2, 0.25) is 0 Å². The predicted molar refractivity (Wildman–Crippen MR) is 94.1 cm³/mol. The molecule has 4 nitrogen and oxygen atoms in total. The molecule has 1 heterocycles. The average Bonchev–Trinajstić information content (AvgIpc) is 2.52. The minimum absolute atomic E-state index is 0.195. The fourth-order valence-electron chi connectivity index (χ4n) is 2.19. The Morgan fingerprint density at radius 1 is 0.783 bits per heavy atom. The maximum atomic E-state index is 10.2. The second-order valence-electron chi connectivity index (χ2n) is 5.85. The summed E-state index contributed by atoms with van der Waals surface area (Å²) in [6, 6.07) is 6.20. The Bertz CT molecular complexity index is 460. The summed E-state index contributed by atoms with van der Waals surface area (Å²) >= 11 is 0. The zero-order valence-electron chi connectivity index (χ0n) is 14.7. The van der Waals surface area contributed by atoms with Crippen molar-refractivity contribution in [1.82, 2.24) is 0 Å². The van der Waals surface area contributed by atoms with Gasteiger partial charge in [0.05, 0.1) is 10.1 Å². The fraction of sp³-hybridized carbons (Fsp3) is 0.722. The zero-order chi connectivity index (χ0) is 17.4. The summed E-state index contributed by atoms with van der Waals surface area (Å²) < 4.78 is 32.7. The van der Waals surface area contributed by atoms with Gasteiger partial charge in [-0.3, -0.25) is 0 Å². The first-order chi connectivity index (χ1) is 11.0. The first kappa shape index (κ1) is 22.1. The molecule has 0 N–H and O–H groups in total. The number of pyridine rings is 1. The summed E-state index contributed by atoms with van der Waals surface area (Å²) in [6.45, 7) is 5.52. The quantitative estimate of drug-likeness (QED) is 0.346. The highest BCUT2D eigenvalue weighted by Gasteiger charge is 1.95. The summed E-state index contributed by atoms with van der Waals surface area (Å²) in [5, 5.41) is 0. The Morgan fingerprint density at radius 2 is 1.30 bits per heavy atom. The van der Waals surface area contributed by atoms with Crippen LogP contribution in [0.3, 0.4) is 0 Å². The minimum atomic E-state index is -3.97. The lowest BCUT2D eigenvalue weighted by Crippen LogP contribution is -2.31. The Hall–Kier alpha value is -0.940. The number of rotatable bonds is 11. The molecule has 23 heavy (non-hydrogen) atoms. The molecule has 0 saturated heterocycles. The molecule has 0 aromatic carbocycles. The van der Waals surface area contributed by atoms with E-state index in [9.17, 15) is 13.0 Å². The molecule has 0 fully saturated rings. The molecule has 134 valence electrons. The lowest BCUT2D eigenvalue weighted by Gasteiger charge is -2.05. The van der Waals surface area contributed by atoms with Gasteiger partial charge in [-0.15, -0.1) is 0 Å². The SMILES string of the molecule is CCCCCCCCS(=O)(=O)[O-].CCCCC[n+]1ccccc1. The smallest absolute Gasteiger partial charge is 0.168 e. The molecule has 5 heteroatoms. The normalized spacial score (nSPS) is 10.9. The standard InChI is InChI=1S/C10H16N.C8H18O3S/c1-2-3-5-8-11-9-6-4-7-10-11;1-2-3-4-5-6-7-8-12(9,10)11/h4,6-7,9-10H,2-3,5,8H2,1H3;2-8H2,1H3,(H,9,10,11)/q+1;/p-1. The molecule has 1 rings (SSSR count). The highest BCUT2D eigenvalue weighted by Crippen LogP contribution is 2.05. The van der Waals surface area contributed by atoms with Gasteiger partial charge in [0.1, 0.15) is 6.54 Å². The molecule has 0 aliphatic rings. The third kappa shape index (κ3) is 17.2. The predicted octanol–water partition coefficient (Wildman–Crippen LogP) is 4.06. The van der Waals surface area contributed by atoms with Crippen LogP contribution in [0.25, 0.3) is 0 Å². The molecule has 0 atom stereocenters. The summed E-state index contributed by atoms with van der Waals surface area (Å²) in [6.07, 6.45) is 14.1. The van der Waals surface area contributed by atoms with E-state index < -0.39 is 10.1 Å². The van der Waals surface area contributed by atoms with E-state index in [1.165, 1.54) is 32.1 Å². The van der Waals surface area contributed by atoms with Crippen molar-refractivity contribution in [3.8, 4) is 0 Å². The highest BCUT2D eigenvalue weighted by molar-refractivity contribution is 7.85. The van der Waals surface area contributed by atoms with E-state index in [2.05, 4.69) is 49.0 Å². The van der Waals surface area contributed by atoms with Gasteiger partial charge < -0.3 is 4.55 Å². The molecule has 0 saturated carbocycles.